The monoisotopic (exact) mass is 375 g/mol. The molecule has 0 bridgehead atoms. The summed E-state index contributed by atoms with van der Waals surface area (Å²) >= 11 is 5.98. The molecule has 0 unspecified atom stereocenters. The number of hydrogen-bond acceptors (Lipinski definition) is 4. The van der Waals surface area contributed by atoms with Gasteiger partial charge in [-0.15, -0.1) is 0 Å². The summed E-state index contributed by atoms with van der Waals surface area (Å²) in [7, 11) is 0. The number of para-hydroxylation sites is 1. The van der Waals surface area contributed by atoms with Crippen molar-refractivity contribution in [2.24, 2.45) is 0 Å². The molecule has 26 heavy (non-hydrogen) atoms. The van der Waals surface area contributed by atoms with E-state index in [1.807, 2.05) is 0 Å². The summed E-state index contributed by atoms with van der Waals surface area (Å²) in [6, 6.07) is 4.47. The predicted molar refractivity (Wildman–Crippen MR) is 98.1 cm³/mol. The van der Waals surface area contributed by atoms with Gasteiger partial charge in [0.25, 0.3) is 0 Å². The molecule has 8 heteroatoms. The molecule has 1 aromatic heterocycles. The van der Waals surface area contributed by atoms with E-state index >= 15 is 0 Å². The third-order valence-electron chi connectivity index (χ3n) is 4.90. The number of nitrogens with one attached hydrogen (secondary N) is 1. The molecule has 0 aliphatic carbocycles. The van der Waals surface area contributed by atoms with Crippen molar-refractivity contribution in [3.63, 3.8) is 0 Å². The van der Waals surface area contributed by atoms with Crippen molar-refractivity contribution in [2.45, 2.75) is 32.4 Å². The van der Waals surface area contributed by atoms with Crippen LogP contribution in [0.1, 0.15) is 24.0 Å². The molecule has 1 atom stereocenters. The fourth-order valence-electron chi connectivity index (χ4n) is 3.68. The molecule has 3 heterocycles. The summed E-state index contributed by atoms with van der Waals surface area (Å²) in [5.74, 6) is 0.104. The molecule has 2 aromatic rings. The molecule has 136 valence electrons. The Morgan fingerprint density at radius 3 is 2.96 bits per heavy atom. The second-order valence-electron chi connectivity index (χ2n) is 6.63. The van der Waals surface area contributed by atoms with E-state index in [-0.39, 0.29) is 23.9 Å². The third kappa shape index (κ3) is 2.91. The van der Waals surface area contributed by atoms with Crippen LogP contribution in [0.3, 0.4) is 0 Å². The van der Waals surface area contributed by atoms with Crippen LogP contribution in [-0.2, 0) is 6.54 Å². The number of halogens is 2. The minimum absolute atomic E-state index is 0.0594. The van der Waals surface area contributed by atoms with Crippen LogP contribution in [0.5, 0.6) is 0 Å². The van der Waals surface area contributed by atoms with E-state index in [9.17, 15) is 9.18 Å². The van der Waals surface area contributed by atoms with Crippen LogP contribution in [0.4, 0.5) is 20.7 Å². The molecular weight excluding hydrogens is 357 g/mol. The molecule has 2 amide bonds. The highest BCUT2D eigenvalue weighted by Gasteiger charge is 2.39. The Balaban J connectivity index is 1.82. The lowest BCUT2D eigenvalue weighted by molar-refractivity contribution is 0.245. The number of anilines is 2. The molecule has 1 N–H and O–H groups in total. The number of amides is 2. The number of fused-ring (bicyclic) bond motifs is 1. The minimum Gasteiger partial charge on any atom is -0.315 e. The summed E-state index contributed by atoms with van der Waals surface area (Å²) in [5, 5.41) is 3.41. The number of aromatic nitrogens is 2. The molecule has 0 radical (unpaired) electrons. The fourth-order valence-corrected chi connectivity index (χ4v) is 3.81. The molecular formula is C18H19ClFN5O. The van der Waals surface area contributed by atoms with Crippen LogP contribution in [0.25, 0.3) is 0 Å². The topological polar surface area (TPSA) is 61.4 Å². The first-order valence-corrected chi connectivity index (χ1v) is 9.02. The van der Waals surface area contributed by atoms with E-state index in [1.54, 1.807) is 30.2 Å². The highest BCUT2D eigenvalue weighted by Crippen LogP contribution is 2.35. The molecule has 2 aliphatic rings. The number of benzene rings is 1. The maximum atomic E-state index is 14.5. The summed E-state index contributed by atoms with van der Waals surface area (Å²) < 4.78 is 14.5. The molecule has 1 aromatic carbocycles. The maximum Gasteiger partial charge on any atom is 0.330 e. The number of carbonyl (C=O) groups is 1. The standard InChI is InChI=1S/C18H19ClFN5O/c1-11-4-2-6-14(20)15(11)24-10-12-8-22-17(19)23-16(12)25(18(24)26)13-5-3-7-21-9-13/h2,4,6,8,13,21H,3,5,7,9-10H2,1H3/t13-/m1/s1. The number of urea groups is 1. The normalized spacial score (nSPS) is 20.3. The highest BCUT2D eigenvalue weighted by molar-refractivity contribution is 6.28. The maximum absolute atomic E-state index is 14.5. The molecule has 0 saturated carbocycles. The lowest BCUT2D eigenvalue weighted by Gasteiger charge is -2.41. The predicted octanol–water partition coefficient (Wildman–Crippen LogP) is 3.28. The summed E-state index contributed by atoms with van der Waals surface area (Å²) in [4.78, 5) is 24.8. The van der Waals surface area contributed by atoms with Gasteiger partial charge in [-0.25, -0.2) is 14.2 Å². The number of rotatable bonds is 2. The van der Waals surface area contributed by atoms with Crippen molar-refractivity contribution in [1.29, 1.82) is 0 Å². The quantitative estimate of drug-likeness (QED) is 0.818. The zero-order chi connectivity index (χ0) is 18.3. The Morgan fingerprint density at radius 2 is 2.23 bits per heavy atom. The summed E-state index contributed by atoms with van der Waals surface area (Å²) in [6.45, 7) is 3.60. The Hall–Kier alpha value is -2.25. The average molecular weight is 376 g/mol. The van der Waals surface area contributed by atoms with Crippen LogP contribution in [-0.4, -0.2) is 35.1 Å². The number of piperidine rings is 1. The lowest BCUT2D eigenvalue weighted by Crippen LogP contribution is -2.56. The third-order valence-corrected chi connectivity index (χ3v) is 5.08. The first-order valence-electron chi connectivity index (χ1n) is 8.64. The molecule has 6 nitrogen and oxygen atoms in total. The minimum atomic E-state index is -0.418. The van der Waals surface area contributed by atoms with Gasteiger partial charge in [-0.2, -0.15) is 4.98 Å². The van der Waals surface area contributed by atoms with Gasteiger partial charge >= 0.3 is 6.03 Å². The largest absolute Gasteiger partial charge is 0.330 e. The molecule has 2 aliphatic heterocycles. The van der Waals surface area contributed by atoms with E-state index in [2.05, 4.69) is 15.3 Å². The first kappa shape index (κ1) is 17.2. The zero-order valence-electron chi connectivity index (χ0n) is 14.4. The van der Waals surface area contributed by atoms with Crippen molar-refractivity contribution in [2.75, 3.05) is 22.9 Å². The highest BCUT2D eigenvalue weighted by atomic mass is 35.5. The average Bonchev–Trinajstić information content (AvgIpc) is 2.63. The van der Waals surface area contributed by atoms with Crippen LogP contribution >= 0.6 is 11.6 Å². The molecule has 1 fully saturated rings. The van der Waals surface area contributed by atoms with Gasteiger partial charge in [0.2, 0.25) is 5.28 Å². The summed E-state index contributed by atoms with van der Waals surface area (Å²) in [6.07, 6.45) is 3.43. The van der Waals surface area contributed by atoms with Gasteiger partial charge < -0.3 is 5.32 Å². The van der Waals surface area contributed by atoms with Crippen molar-refractivity contribution in [3.05, 3.63) is 46.6 Å². The van der Waals surface area contributed by atoms with Crippen LogP contribution < -0.4 is 15.1 Å². The second-order valence-corrected chi connectivity index (χ2v) is 6.97. The van der Waals surface area contributed by atoms with E-state index in [4.69, 9.17) is 11.6 Å². The summed E-state index contributed by atoms with van der Waals surface area (Å²) in [5.41, 5.74) is 1.76. The van der Waals surface area contributed by atoms with Crippen LogP contribution in [0, 0.1) is 12.7 Å². The Morgan fingerprint density at radius 1 is 1.38 bits per heavy atom. The van der Waals surface area contributed by atoms with Gasteiger partial charge in [-0.05, 0) is 49.5 Å². The second kappa shape index (κ2) is 6.81. The molecule has 4 rings (SSSR count). The van der Waals surface area contributed by atoms with E-state index in [1.165, 1.54) is 11.0 Å². The smallest absolute Gasteiger partial charge is 0.315 e. The fraction of sp³-hybridized carbons (Fsp3) is 0.389. The van der Waals surface area contributed by atoms with Crippen LogP contribution in [0.15, 0.2) is 24.4 Å². The lowest BCUT2D eigenvalue weighted by atomic mass is 10.0. The number of hydrogen-bond donors (Lipinski definition) is 1. The van der Waals surface area contributed by atoms with Crippen molar-refractivity contribution < 1.29 is 9.18 Å². The number of carbonyl (C=O) groups excluding carboxylic acids is 1. The van der Waals surface area contributed by atoms with Gasteiger partial charge in [-0.3, -0.25) is 9.80 Å². The Labute approximate surface area is 156 Å². The zero-order valence-corrected chi connectivity index (χ0v) is 15.1. The van der Waals surface area contributed by atoms with Gasteiger partial charge in [0.15, 0.2) is 0 Å². The number of nitrogens with zero attached hydrogens (tertiary/aromatic N) is 4. The van der Waals surface area contributed by atoms with Crippen molar-refractivity contribution in [3.8, 4) is 0 Å². The molecule has 0 spiro atoms. The van der Waals surface area contributed by atoms with Gasteiger partial charge in [0.05, 0.1) is 18.3 Å². The van der Waals surface area contributed by atoms with E-state index in [0.717, 1.165) is 24.9 Å². The van der Waals surface area contributed by atoms with Crippen molar-refractivity contribution in [1.82, 2.24) is 15.3 Å². The first-order chi connectivity index (χ1) is 12.6. The SMILES string of the molecule is Cc1cccc(F)c1N1Cc2cnc(Cl)nc2N([C@@H]2CCCNC2)C1=O. The van der Waals surface area contributed by atoms with Gasteiger partial charge in [0.1, 0.15) is 11.6 Å². The van der Waals surface area contributed by atoms with E-state index in [0.29, 0.717) is 23.6 Å². The van der Waals surface area contributed by atoms with E-state index < -0.39 is 5.82 Å². The Bertz CT molecular complexity index is 835. The van der Waals surface area contributed by atoms with Gasteiger partial charge in [0, 0.05) is 18.3 Å². The molecule has 1 saturated heterocycles. The van der Waals surface area contributed by atoms with Gasteiger partial charge in [-0.1, -0.05) is 12.1 Å². The van der Waals surface area contributed by atoms with Crippen molar-refractivity contribution >= 4 is 29.1 Å². The van der Waals surface area contributed by atoms with Crippen LogP contribution in [0.2, 0.25) is 5.28 Å². The Kier molecular flexibility index (Phi) is 4.50. The number of aryl methyl sites for hydroxylation is 1.